The van der Waals surface area contributed by atoms with E-state index in [-0.39, 0.29) is 5.91 Å². The van der Waals surface area contributed by atoms with E-state index in [1.54, 1.807) is 0 Å². The highest BCUT2D eigenvalue weighted by Crippen LogP contribution is 2.27. The van der Waals surface area contributed by atoms with Crippen LogP contribution in [0.1, 0.15) is 10.5 Å². The van der Waals surface area contributed by atoms with Gasteiger partial charge in [-0.05, 0) is 28.1 Å². The Hall–Kier alpha value is -2.21. The number of fused-ring (bicyclic) bond motifs is 1. The number of hydrogen-bond acceptors (Lipinski definition) is 3. The number of hydrogen-bond donors (Lipinski definition) is 0. The van der Waals surface area contributed by atoms with Gasteiger partial charge < -0.3 is 18.8 Å². The first-order valence-electron chi connectivity index (χ1n) is 7.97. The highest BCUT2D eigenvalue weighted by atomic mass is 79.9. The number of piperazine rings is 1. The first-order valence-corrected chi connectivity index (χ1v) is 8.77. The van der Waals surface area contributed by atoms with E-state index in [1.807, 2.05) is 46.8 Å². The van der Waals surface area contributed by atoms with Crippen LogP contribution in [0.15, 0.2) is 51.6 Å². The molecule has 2 aromatic heterocycles. The molecule has 1 fully saturated rings. The lowest BCUT2D eigenvalue weighted by molar-refractivity contribution is 0.0737. The third kappa shape index (κ3) is 2.60. The monoisotopic (exact) mass is 387 g/mol. The van der Waals surface area contributed by atoms with E-state index in [1.165, 1.54) is 5.69 Å². The smallest absolute Gasteiger partial charge is 0.270 e. The minimum atomic E-state index is 0.0627. The second-order valence-corrected chi connectivity index (χ2v) is 6.78. The molecular formula is C18H18BrN3O2. The first-order chi connectivity index (χ1) is 11.6. The predicted molar refractivity (Wildman–Crippen MR) is 97.4 cm³/mol. The molecule has 5 nitrogen and oxygen atoms in total. The number of furan rings is 1. The number of nitrogens with zero attached hydrogens (tertiary/aromatic N) is 3. The number of rotatable bonds is 2. The number of para-hydroxylation sites is 1. The lowest BCUT2D eigenvalue weighted by atomic mass is 10.2. The molecule has 1 aliphatic rings. The highest BCUT2D eigenvalue weighted by Gasteiger charge is 2.25. The summed E-state index contributed by atoms with van der Waals surface area (Å²) in [4.78, 5) is 17.1. The van der Waals surface area contributed by atoms with Gasteiger partial charge >= 0.3 is 0 Å². The van der Waals surface area contributed by atoms with Gasteiger partial charge in [-0.25, -0.2) is 0 Å². The van der Waals surface area contributed by atoms with Crippen molar-refractivity contribution in [2.24, 2.45) is 7.05 Å². The van der Waals surface area contributed by atoms with E-state index >= 15 is 0 Å². The molecule has 0 bridgehead atoms. The van der Waals surface area contributed by atoms with Gasteiger partial charge in [0.05, 0.1) is 5.52 Å². The largest absolute Gasteiger partial charge is 0.448 e. The number of aromatic nitrogens is 1. The van der Waals surface area contributed by atoms with E-state index in [0.29, 0.717) is 10.4 Å². The van der Waals surface area contributed by atoms with Gasteiger partial charge in [0, 0.05) is 51.0 Å². The van der Waals surface area contributed by atoms with E-state index in [9.17, 15) is 4.79 Å². The lowest BCUT2D eigenvalue weighted by Crippen LogP contribution is -2.49. The average Bonchev–Trinajstić information content (AvgIpc) is 3.13. The zero-order valence-electron chi connectivity index (χ0n) is 13.4. The molecule has 6 heteroatoms. The molecule has 1 aromatic carbocycles. The summed E-state index contributed by atoms with van der Waals surface area (Å²) in [5.74, 6) is 0.0627. The van der Waals surface area contributed by atoms with Gasteiger partial charge in [0.25, 0.3) is 5.91 Å². The number of benzene rings is 1. The summed E-state index contributed by atoms with van der Waals surface area (Å²) in [6.45, 7) is 3.15. The van der Waals surface area contributed by atoms with Gasteiger partial charge in [0.15, 0.2) is 10.3 Å². The van der Waals surface area contributed by atoms with Crippen LogP contribution in [0.3, 0.4) is 0 Å². The van der Waals surface area contributed by atoms with Gasteiger partial charge in [0.1, 0.15) is 5.69 Å². The molecule has 0 N–H and O–H groups in total. The van der Waals surface area contributed by atoms with E-state index in [0.717, 1.165) is 37.3 Å². The molecule has 1 amide bonds. The summed E-state index contributed by atoms with van der Waals surface area (Å²) in [6.07, 6.45) is 0. The quantitative estimate of drug-likeness (QED) is 0.675. The Bertz CT molecular complexity index is 876. The standard InChI is InChI=1S/C18H18BrN3O2/c1-20-14-12-17(19)24-16(14)11-15(20)18(23)22-9-7-21(8-10-22)13-5-3-2-4-6-13/h2-6,11-12H,7-10H2,1H3. The number of anilines is 1. The van der Waals surface area contributed by atoms with Gasteiger partial charge in [-0.3, -0.25) is 4.79 Å². The fourth-order valence-corrected chi connectivity index (χ4v) is 3.65. The third-order valence-electron chi connectivity index (χ3n) is 4.61. The molecule has 0 aliphatic carbocycles. The SMILES string of the molecule is Cn1c(C(=O)N2CCN(c3ccccc3)CC2)cc2oc(Br)cc21. The molecule has 0 spiro atoms. The van der Waals surface area contributed by atoms with Crippen molar-refractivity contribution in [1.29, 1.82) is 0 Å². The van der Waals surface area contributed by atoms with Crippen LogP contribution < -0.4 is 4.90 Å². The van der Waals surface area contributed by atoms with Crippen LogP contribution in [0.2, 0.25) is 0 Å². The number of carbonyl (C=O) groups excluding carboxylic acids is 1. The van der Waals surface area contributed by atoms with Crippen molar-refractivity contribution >= 4 is 38.6 Å². The lowest BCUT2D eigenvalue weighted by Gasteiger charge is -2.36. The zero-order valence-corrected chi connectivity index (χ0v) is 15.0. The maximum absolute atomic E-state index is 12.8. The summed E-state index contributed by atoms with van der Waals surface area (Å²) in [6, 6.07) is 14.0. The molecule has 0 radical (unpaired) electrons. The third-order valence-corrected chi connectivity index (χ3v) is 5.00. The van der Waals surface area contributed by atoms with E-state index < -0.39 is 0 Å². The van der Waals surface area contributed by atoms with Gasteiger partial charge in [-0.2, -0.15) is 0 Å². The fourth-order valence-electron chi connectivity index (χ4n) is 3.26. The maximum Gasteiger partial charge on any atom is 0.270 e. The first kappa shape index (κ1) is 15.3. The Labute approximate surface area is 148 Å². The summed E-state index contributed by atoms with van der Waals surface area (Å²) in [5.41, 5.74) is 3.54. The van der Waals surface area contributed by atoms with Crippen molar-refractivity contribution < 1.29 is 9.21 Å². The molecule has 1 saturated heterocycles. The van der Waals surface area contributed by atoms with Crippen LogP contribution in [0.25, 0.3) is 11.1 Å². The van der Waals surface area contributed by atoms with E-state index in [2.05, 4.69) is 33.0 Å². The van der Waals surface area contributed by atoms with Gasteiger partial charge in [0.2, 0.25) is 0 Å². The molecule has 0 atom stereocenters. The van der Waals surface area contributed by atoms with Crippen LogP contribution in [0.4, 0.5) is 5.69 Å². The molecule has 0 unspecified atom stereocenters. The topological polar surface area (TPSA) is 41.6 Å². The summed E-state index contributed by atoms with van der Waals surface area (Å²) in [7, 11) is 1.90. The Balaban J connectivity index is 1.49. The van der Waals surface area contributed by atoms with Crippen LogP contribution in [0, 0.1) is 0 Å². The normalized spacial score (nSPS) is 15.2. The molecule has 124 valence electrons. The number of aryl methyl sites for hydroxylation is 1. The Morgan fingerprint density at radius 3 is 2.46 bits per heavy atom. The van der Waals surface area contributed by atoms with Crippen LogP contribution in [0.5, 0.6) is 0 Å². The molecule has 0 saturated carbocycles. The zero-order chi connectivity index (χ0) is 16.7. The van der Waals surface area contributed by atoms with Crippen molar-refractivity contribution in [3.05, 3.63) is 52.8 Å². The van der Waals surface area contributed by atoms with Crippen molar-refractivity contribution in [1.82, 2.24) is 9.47 Å². The van der Waals surface area contributed by atoms with Crippen LogP contribution in [-0.4, -0.2) is 41.6 Å². The van der Waals surface area contributed by atoms with Crippen molar-refractivity contribution in [3.8, 4) is 0 Å². The minimum Gasteiger partial charge on any atom is -0.448 e. The minimum absolute atomic E-state index is 0.0627. The van der Waals surface area contributed by atoms with Crippen molar-refractivity contribution in [3.63, 3.8) is 0 Å². The number of halogens is 1. The van der Waals surface area contributed by atoms with E-state index in [4.69, 9.17) is 4.42 Å². The highest BCUT2D eigenvalue weighted by molar-refractivity contribution is 9.10. The van der Waals surface area contributed by atoms with Gasteiger partial charge in [-0.15, -0.1) is 0 Å². The second kappa shape index (κ2) is 6.02. The Morgan fingerprint density at radius 1 is 1.08 bits per heavy atom. The fraction of sp³-hybridized carbons (Fsp3) is 0.278. The number of carbonyl (C=O) groups is 1. The molecule has 3 aromatic rings. The molecule has 1 aliphatic heterocycles. The predicted octanol–water partition coefficient (Wildman–Crippen LogP) is 3.50. The average molecular weight is 388 g/mol. The molecule has 24 heavy (non-hydrogen) atoms. The van der Waals surface area contributed by atoms with Crippen LogP contribution >= 0.6 is 15.9 Å². The molecule has 3 heterocycles. The van der Waals surface area contributed by atoms with Crippen molar-refractivity contribution in [2.75, 3.05) is 31.1 Å². The maximum atomic E-state index is 12.8. The summed E-state index contributed by atoms with van der Waals surface area (Å²) < 4.78 is 8.14. The van der Waals surface area contributed by atoms with Gasteiger partial charge in [-0.1, -0.05) is 18.2 Å². The Kier molecular flexibility index (Phi) is 3.84. The summed E-state index contributed by atoms with van der Waals surface area (Å²) >= 11 is 3.32. The molecule has 4 rings (SSSR count). The molecular weight excluding hydrogens is 370 g/mol. The van der Waals surface area contributed by atoms with Crippen LogP contribution in [-0.2, 0) is 7.05 Å². The van der Waals surface area contributed by atoms with Crippen molar-refractivity contribution in [2.45, 2.75) is 0 Å². The summed E-state index contributed by atoms with van der Waals surface area (Å²) in [5, 5.41) is 0. The number of amides is 1. The second-order valence-electron chi connectivity index (χ2n) is 6.00. The Morgan fingerprint density at radius 2 is 1.79 bits per heavy atom.